The van der Waals surface area contributed by atoms with Crippen LogP contribution in [0.1, 0.15) is 43.5 Å². The highest BCUT2D eigenvalue weighted by Crippen LogP contribution is 2.30. The molecule has 25 heavy (non-hydrogen) atoms. The lowest BCUT2D eigenvalue weighted by Gasteiger charge is -2.24. The van der Waals surface area contributed by atoms with Gasteiger partial charge in [-0.15, -0.1) is 11.3 Å². The highest BCUT2D eigenvalue weighted by Gasteiger charge is 2.36. The maximum atomic E-state index is 12.6. The van der Waals surface area contributed by atoms with E-state index in [0.29, 0.717) is 19.0 Å². The molecule has 2 fully saturated rings. The third-order valence-electron chi connectivity index (χ3n) is 5.24. The van der Waals surface area contributed by atoms with Gasteiger partial charge in [0.05, 0.1) is 21.1 Å². The second-order valence-corrected chi connectivity index (χ2v) is 8.37. The van der Waals surface area contributed by atoms with Gasteiger partial charge in [-0.2, -0.15) is 0 Å². The maximum Gasteiger partial charge on any atom is 0.227 e. The van der Waals surface area contributed by atoms with E-state index in [9.17, 15) is 9.59 Å². The number of nitrogens with one attached hydrogen (secondary N) is 1. The van der Waals surface area contributed by atoms with Crippen molar-refractivity contribution in [1.29, 1.82) is 0 Å². The quantitative estimate of drug-likeness (QED) is 0.916. The number of thiazole rings is 1. The zero-order chi connectivity index (χ0) is 17.4. The molecule has 1 N–H and O–H groups in total. The van der Waals surface area contributed by atoms with Crippen molar-refractivity contribution < 1.29 is 9.59 Å². The Morgan fingerprint density at radius 3 is 2.88 bits per heavy atom. The van der Waals surface area contributed by atoms with Crippen LogP contribution in [-0.4, -0.2) is 29.4 Å². The topological polar surface area (TPSA) is 62.3 Å². The highest BCUT2D eigenvalue weighted by atomic mass is 32.1. The molecule has 2 aromatic rings. The van der Waals surface area contributed by atoms with Crippen LogP contribution >= 0.6 is 11.3 Å². The Labute approximate surface area is 151 Å². The van der Waals surface area contributed by atoms with Gasteiger partial charge in [0.2, 0.25) is 11.8 Å². The van der Waals surface area contributed by atoms with Crippen molar-refractivity contribution >= 4 is 39.1 Å². The first-order chi connectivity index (χ1) is 12.1. The summed E-state index contributed by atoms with van der Waals surface area (Å²) >= 11 is 1.65. The Balaban J connectivity index is 1.46. The summed E-state index contributed by atoms with van der Waals surface area (Å²) in [6.45, 7) is 2.45. The lowest BCUT2D eigenvalue weighted by atomic mass is 9.95. The Hall–Kier alpha value is -1.95. The molecule has 2 aliphatic rings. The first kappa shape index (κ1) is 16.5. The summed E-state index contributed by atoms with van der Waals surface area (Å²) in [6, 6.07) is 6.22. The van der Waals surface area contributed by atoms with Crippen molar-refractivity contribution in [2.24, 2.45) is 5.92 Å². The number of carbonyl (C=O) groups is 2. The number of nitrogens with zero attached hydrogens (tertiary/aromatic N) is 2. The van der Waals surface area contributed by atoms with Gasteiger partial charge in [0.25, 0.3) is 0 Å². The van der Waals surface area contributed by atoms with Gasteiger partial charge < -0.3 is 10.2 Å². The predicted octanol–water partition coefficient (Wildman–Crippen LogP) is 3.41. The van der Waals surface area contributed by atoms with E-state index in [2.05, 4.69) is 10.3 Å². The number of benzene rings is 1. The smallest absolute Gasteiger partial charge is 0.227 e. The number of carbonyl (C=O) groups excluding carboxylic acids is 2. The minimum absolute atomic E-state index is 0.0232. The van der Waals surface area contributed by atoms with Crippen molar-refractivity contribution in [2.75, 3.05) is 11.4 Å². The Bertz CT molecular complexity index is 810. The summed E-state index contributed by atoms with van der Waals surface area (Å²) in [7, 11) is 0. The van der Waals surface area contributed by atoms with Crippen molar-refractivity contribution in [3.8, 4) is 0 Å². The number of rotatable bonds is 3. The van der Waals surface area contributed by atoms with Crippen molar-refractivity contribution in [1.82, 2.24) is 10.3 Å². The molecule has 5 nitrogen and oxygen atoms in total. The first-order valence-electron chi connectivity index (χ1n) is 9.08. The lowest BCUT2D eigenvalue weighted by Crippen LogP contribution is -2.40. The molecule has 0 spiro atoms. The Morgan fingerprint density at radius 2 is 2.08 bits per heavy atom. The molecule has 1 aromatic heterocycles. The molecule has 6 heteroatoms. The van der Waals surface area contributed by atoms with Crippen LogP contribution in [0.4, 0.5) is 5.69 Å². The van der Waals surface area contributed by atoms with E-state index in [1.807, 2.05) is 25.1 Å². The molecule has 1 saturated heterocycles. The van der Waals surface area contributed by atoms with Crippen molar-refractivity contribution in [3.05, 3.63) is 23.2 Å². The van der Waals surface area contributed by atoms with E-state index < -0.39 is 0 Å². The minimum atomic E-state index is -0.248. The number of hydrogen-bond donors (Lipinski definition) is 1. The van der Waals surface area contributed by atoms with Gasteiger partial charge in [-0.3, -0.25) is 9.59 Å². The number of anilines is 1. The second-order valence-electron chi connectivity index (χ2n) is 7.13. The van der Waals surface area contributed by atoms with Gasteiger partial charge in [-0.1, -0.05) is 19.3 Å². The van der Waals surface area contributed by atoms with E-state index in [1.165, 1.54) is 19.3 Å². The van der Waals surface area contributed by atoms with E-state index >= 15 is 0 Å². The van der Waals surface area contributed by atoms with Crippen LogP contribution in [0, 0.1) is 12.8 Å². The standard InChI is InChI=1S/C19H23N3O2S/c1-12-20-16-10-15(7-8-17(16)25-12)22-11-13(9-18(22)23)19(24)21-14-5-3-2-4-6-14/h7-8,10,13-14H,2-6,9,11H2,1H3,(H,21,24). The van der Waals surface area contributed by atoms with Crippen LogP contribution in [0.2, 0.25) is 0 Å². The monoisotopic (exact) mass is 357 g/mol. The summed E-state index contributed by atoms with van der Waals surface area (Å²) in [5, 5.41) is 4.18. The van der Waals surface area contributed by atoms with E-state index in [4.69, 9.17) is 0 Å². The third kappa shape index (κ3) is 3.40. The number of amides is 2. The van der Waals surface area contributed by atoms with Crippen LogP contribution in [0.25, 0.3) is 10.2 Å². The molecular weight excluding hydrogens is 334 g/mol. The van der Waals surface area contributed by atoms with Crippen LogP contribution < -0.4 is 10.2 Å². The number of hydrogen-bond acceptors (Lipinski definition) is 4. The molecular formula is C19H23N3O2S. The number of aryl methyl sites for hydroxylation is 1. The van der Waals surface area contributed by atoms with Crippen LogP contribution in [0.15, 0.2) is 18.2 Å². The molecule has 0 bridgehead atoms. The number of aromatic nitrogens is 1. The van der Waals surface area contributed by atoms with Crippen LogP contribution in [-0.2, 0) is 9.59 Å². The first-order valence-corrected chi connectivity index (χ1v) is 9.90. The van der Waals surface area contributed by atoms with Crippen molar-refractivity contribution in [3.63, 3.8) is 0 Å². The van der Waals surface area contributed by atoms with Gasteiger partial charge in [-0.25, -0.2) is 4.98 Å². The molecule has 1 aromatic carbocycles. The summed E-state index contributed by atoms with van der Waals surface area (Å²) in [6.07, 6.45) is 6.07. The van der Waals surface area contributed by atoms with E-state index in [1.54, 1.807) is 16.2 Å². The summed E-state index contributed by atoms with van der Waals surface area (Å²) in [5.74, 6) is -0.189. The largest absolute Gasteiger partial charge is 0.353 e. The van der Waals surface area contributed by atoms with E-state index in [-0.39, 0.29) is 17.7 Å². The Kier molecular flexibility index (Phi) is 4.46. The molecule has 1 atom stereocenters. The molecule has 1 aliphatic heterocycles. The van der Waals surface area contributed by atoms with E-state index in [0.717, 1.165) is 33.8 Å². The third-order valence-corrected chi connectivity index (χ3v) is 6.19. The fraction of sp³-hybridized carbons (Fsp3) is 0.526. The van der Waals surface area contributed by atoms with Crippen molar-refractivity contribution in [2.45, 2.75) is 51.5 Å². The summed E-state index contributed by atoms with van der Waals surface area (Å²) in [5.41, 5.74) is 1.76. The normalized spacial score (nSPS) is 21.9. The average molecular weight is 357 g/mol. The molecule has 0 radical (unpaired) electrons. The zero-order valence-corrected chi connectivity index (χ0v) is 15.3. The highest BCUT2D eigenvalue weighted by molar-refractivity contribution is 7.18. The van der Waals surface area contributed by atoms with Crippen LogP contribution in [0.5, 0.6) is 0 Å². The molecule has 2 amide bonds. The SMILES string of the molecule is Cc1nc2cc(N3CC(C(=O)NC4CCCCC4)CC3=O)ccc2s1. The van der Waals surface area contributed by atoms with Gasteiger partial charge in [0, 0.05) is 24.7 Å². The fourth-order valence-corrected chi connectivity index (χ4v) is 4.71. The van der Waals surface area contributed by atoms with Gasteiger partial charge in [0.15, 0.2) is 0 Å². The second kappa shape index (κ2) is 6.75. The molecule has 132 valence electrons. The van der Waals surface area contributed by atoms with Gasteiger partial charge in [0.1, 0.15) is 0 Å². The van der Waals surface area contributed by atoms with Gasteiger partial charge in [-0.05, 0) is 38.0 Å². The summed E-state index contributed by atoms with van der Waals surface area (Å²) in [4.78, 5) is 31.2. The number of fused-ring (bicyclic) bond motifs is 1. The lowest BCUT2D eigenvalue weighted by molar-refractivity contribution is -0.127. The Morgan fingerprint density at radius 1 is 1.28 bits per heavy atom. The van der Waals surface area contributed by atoms with Crippen LogP contribution in [0.3, 0.4) is 0 Å². The predicted molar refractivity (Wildman–Crippen MR) is 99.8 cm³/mol. The summed E-state index contributed by atoms with van der Waals surface area (Å²) < 4.78 is 1.12. The molecule has 1 unspecified atom stereocenters. The minimum Gasteiger partial charge on any atom is -0.353 e. The maximum absolute atomic E-state index is 12.6. The average Bonchev–Trinajstić information content (AvgIpc) is 3.16. The fourth-order valence-electron chi connectivity index (χ4n) is 3.90. The van der Waals surface area contributed by atoms with Gasteiger partial charge >= 0.3 is 0 Å². The molecule has 2 heterocycles. The molecule has 1 aliphatic carbocycles. The molecule has 1 saturated carbocycles. The zero-order valence-electron chi connectivity index (χ0n) is 14.5. The molecule has 4 rings (SSSR count).